The molecule has 8 heteroatoms. The minimum atomic E-state index is -0.886. The van der Waals surface area contributed by atoms with Gasteiger partial charge in [0.25, 0.3) is 0 Å². The van der Waals surface area contributed by atoms with Crippen molar-refractivity contribution in [2.45, 2.75) is 199 Å². The molecule has 0 saturated carbocycles. The third-order valence-electron chi connectivity index (χ3n) is 10.5. The number of rotatable bonds is 43. The van der Waals surface area contributed by atoms with Gasteiger partial charge in [0.2, 0.25) is 0 Å². The molecule has 0 aromatic heterocycles. The summed E-state index contributed by atoms with van der Waals surface area (Å²) in [4.78, 5) is 37.1. The average molecular weight is 867 g/mol. The number of hydrogen-bond acceptors (Lipinski definition) is 6. The first kappa shape index (κ1) is 58.5. The fraction of sp³-hybridized carbons (Fsp3) is 0.685. The van der Waals surface area contributed by atoms with E-state index in [1.165, 1.54) is 77.0 Å². The Labute approximate surface area is 380 Å². The third-order valence-corrected chi connectivity index (χ3v) is 10.5. The molecule has 0 spiro atoms. The Balaban J connectivity index is 4.32. The van der Waals surface area contributed by atoms with Gasteiger partial charge in [-0.15, -0.1) is 0 Å². The van der Waals surface area contributed by atoms with Crippen LogP contribution < -0.4 is 0 Å². The van der Waals surface area contributed by atoms with Crippen LogP contribution in [0.5, 0.6) is 0 Å². The second kappa shape index (κ2) is 44.1. The minimum Gasteiger partial charge on any atom is -0.477 e. The minimum absolute atomic E-state index is 0.0348. The highest BCUT2D eigenvalue weighted by Crippen LogP contribution is 2.15. The first-order chi connectivity index (χ1) is 30.1. The Morgan fingerprint density at radius 3 is 1.31 bits per heavy atom. The van der Waals surface area contributed by atoms with Crippen LogP contribution in [0.1, 0.15) is 187 Å². The predicted octanol–water partition coefficient (Wildman–Crippen LogP) is 14.1. The molecule has 0 aliphatic rings. The van der Waals surface area contributed by atoms with Crippen LogP contribution in [-0.4, -0.2) is 80.6 Å². The smallest absolute Gasteiger partial charge is 0.362 e. The molecule has 0 aromatic carbocycles. The van der Waals surface area contributed by atoms with E-state index in [2.05, 4.69) is 98.9 Å². The van der Waals surface area contributed by atoms with Crippen LogP contribution in [0, 0.1) is 0 Å². The lowest BCUT2D eigenvalue weighted by Crippen LogP contribution is -2.50. The molecule has 8 nitrogen and oxygen atoms in total. The molecule has 2 atom stereocenters. The first-order valence-electron chi connectivity index (χ1n) is 24.6. The maximum absolute atomic E-state index is 12.7. The maximum Gasteiger partial charge on any atom is 0.362 e. The summed E-state index contributed by atoms with van der Waals surface area (Å²) < 4.78 is 17.3. The molecule has 0 saturated heterocycles. The normalized spacial score (nSPS) is 13.6. The number of unbranched alkanes of at least 4 members (excludes halogenated alkanes) is 15. The first-order valence-corrected chi connectivity index (χ1v) is 24.6. The van der Waals surface area contributed by atoms with E-state index in [1.54, 1.807) is 0 Å². The van der Waals surface area contributed by atoms with Gasteiger partial charge >= 0.3 is 17.9 Å². The molecule has 62 heavy (non-hydrogen) atoms. The van der Waals surface area contributed by atoms with E-state index >= 15 is 0 Å². The van der Waals surface area contributed by atoms with Crippen molar-refractivity contribution in [2.24, 2.45) is 0 Å². The molecule has 354 valence electrons. The van der Waals surface area contributed by atoms with Gasteiger partial charge in [-0.2, -0.15) is 0 Å². The van der Waals surface area contributed by atoms with Gasteiger partial charge in [-0.3, -0.25) is 9.59 Å². The summed E-state index contributed by atoms with van der Waals surface area (Å²) in [7, 11) is 5.51. The van der Waals surface area contributed by atoms with E-state index in [0.717, 1.165) is 70.6 Å². The van der Waals surface area contributed by atoms with Gasteiger partial charge in [0.1, 0.15) is 6.61 Å². The van der Waals surface area contributed by atoms with Crippen LogP contribution in [-0.2, 0) is 28.6 Å². The topological polar surface area (TPSA) is 99.1 Å². The third kappa shape index (κ3) is 41.8. The van der Waals surface area contributed by atoms with Crippen molar-refractivity contribution in [2.75, 3.05) is 41.0 Å². The fourth-order valence-corrected chi connectivity index (χ4v) is 6.81. The van der Waals surface area contributed by atoms with Crippen LogP contribution in [0.2, 0.25) is 0 Å². The SMILES string of the molecule is CC/C=C/C/C=C/C/C=C/C/C=C/C/C=C/CCCC(=O)OC(COCCC(C(=O)O)[N+](C)(C)C)COC(=O)CCCCCCCCCCCCCCCC/C=C/C/C=C/CC. The van der Waals surface area contributed by atoms with E-state index in [0.29, 0.717) is 19.3 Å². The van der Waals surface area contributed by atoms with Crippen LogP contribution >= 0.6 is 0 Å². The standard InChI is InChI=1S/C54H91NO7/c1-6-8-10-12-14-16-18-20-22-24-25-26-27-29-30-32-34-36-38-40-42-44-52(56)61-49-50(48-60-47-46-51(54(58)59)55(3,4)5)62-53(57)45-43-41-39-37-35-33-31-28-23-21-19-17-15-13-11-9-7-2/h8-11,14-17,21,23,31,33,37,39,50-51H,6-7,12-13,18-20,22,24-30,32,34-36,38,40-49H2,1-5H3/p+1/b10-8+,11-9+,16-14+,17-15+,23-21+,33-31+,39-37+. The van der Waals surface area contributed by atoms with Crippen molar-refractivity contribution < 1.29 is 38.2 Å². The molecular weight excluding hydrogens is 775 g/mol. The molecule has 0 aliphatic heterocycles. The fourth-order valence-electron chi connectivity index (χ4n) is 6.81. The van der Waals surface area contributed by atoms with E-state index in [4.69, 9.17) is 14.2 Å². The Morgan fingerprint density at radius 2 is 0.871 bits per heavy atom. The second-order valence-electron chi connectivity index (χ2n) is 17.3. The second-order valence-corrected chi connectivity index (χ2v) is 17.3. The zero-order chi connectivity index (χ0) is 45.6. The zero-order valence-electron chi connectivity index (χ0n) is 40.3. The van der Waals surface area contributed by atoms with Gasteiger partial charge in [0.05, 0.1) is 34.4 Å². The summed E-state index contributed by atoms with van der Waals surface area (Å²) >= 11 is 0. The molecule has 0 amide bonds. The molecule has 0 aromatic rings. The summed E-state index contributed by atoms with van der Waals surface area (Å²) in [6.45, 7) is 4.46. The van der Waals surface area contributed by atoms with Gasteiger partial charge < -0.3 is 23.8 Å². The predicted molar refractivity (Wildman–Crippen MR) is 261 cm³/mol. The Kier molecular flexibility index (Phi) is 41.6. The Morgan fingerprint density at radius 1 is 0.484 bits per heavy atom. The number of aliphatic carboxylic acids is 1. The number of nitrogens with zero attached hydrogens (tertiary/aromatic N) is 1. The number of carbonyl (C=O) groups excluding carboxylic acids is 2. The molecule has 2 unspecified atom stereocenters. The number of carboxylic acid groups (broad SMARTS) is 1. The number of allylic oxidation sites excluding steroid dienone is 14. The monoisotopic (exact) mass is 867 g/mol. The largest absolute Gasteiger partial charge is 0.477 e. The summed E-state index contributed by atoms with van der Waals surface area (Å²) in [6.07, 6.45) is 57.9. The van der Waals surface area contributed by atoms with Crippen LogP contribution in [0.15, 0.2) is 85.1 Å². The van der Waals surface area contributed by atoms with Crippen LogP contribution in [0.25, 0.3) is 0 Å². The number of likely N-dealkylation sites (N-methyl/N-ethyl adjacent to an activating group) is 1. The lowest BCUT2D eigenvalue weighted by atomic mass is 10.0. The summed E-state index contributed by atoms with van der Waals surface area (Å²) in [6, 6.07) is -0.629. The quantitative estimate of drug-likeness (QED) is 0.0282. The molecule has 0 fully saturated rings. The van der Waals surface area contributed by atoms with Crippen molar-refractivity contribution in [3.8, 4) is 0 Å². The van der Waals surface area contributed by atoms with Crippen molar-refractivity contribution >= 4 is 17.9 Å². The van der Waals surface area contributed by atoms with E-state index < -0.39 is 18.1 Å². The van der Waals surface area contributed by atoms with Gasteiger partial charge in [0, 0.05) is 19.3 Å². The summed E-state index contributed by atoms with van der Waals surface area (Å²) in [5, 5.41) is 9.64. The Hall–Kier alpha value is -3.49. The Bertz CT molecular complexity index is 1290. The number of carboxylic acids is 1. The maximum atomic E-state index is 12.7. The van der Waals surface area contributed by atoms with Gasteiger partial charge in [-0.25, -0.2) is 4.79 Å². The van der Waals surface area contributed by atoms with Gasteiger partial charge in [-0.05, 0) is 77.0 Å². The highest BCUT2D eigenvalue weighted by atomic mass is 16.6. The van der Waals surface area contributed by atoms with Crippen molar-refractivity contribution in [3.05, 3.63) is 85.1 Å². The highest BCUT2D eigenvalue weighted by molar-refractivity contribution is 5.72. The van der Waals surface area contributed by atoms with Gasteiger partial charge in [0.15, 0.2) is 12.1 Å². The number of esters is 2. The number of hydrogen-bond donors (Lipinski definition) is 1. The van der Waals surface area contributed by atoms with E-state index in [-0.39, 0.29) is 42.7 Å². The molecule has 0 rings (SSSR count). The van der Waals surface area contributed by atoms with Crippen molar-refractivity contribution in [1.29, 1.82) is 0 Å². The zero-order valence-corrected chi connectivity index (χ0v) is 40.3. The van der Waals surface area contributed by atoms with Crippen LogP contribution in [0.3, 0.4) is 0 Å². The average Bonchev–Trinajstić information content (AvgIpc) is 3.23. The molecule has 0 heterocycles. The van der Waals surface area contributed by atoms with Crippen LogP contribution in [0.4, 0.5) is 0 Å². The highest BCUT2D eigenvalue weighted by Gasteiger charge is 2.31. The van der Waals surface area contributed by atoms with Crippen molar-refractivity contribution in [3.63, 3.8) is 0 Å². The number of quaternary nitrogens is 1. The number of carbonyl (C=O) groups is 3. The van der Waals surface area contributed by atoms with Crippen molar-refractivity contribution in [1.82, 2.24) is 0 Å². The van der Waals surface area contributed by atoms with Gasteiger partial charge in [-0.1, -0.05) is 176 Å². The molecule has 0 bridgehead atoms. The number of ether oxygens (including phenoxy) is 3. The van der Waals surface area contributed by atoms with E-state index in [9.17, 15) is 19.5 Å². The molecule has 0 radical (unpaired) electrons. The molecule has 1 N–H and O–H groups in total. The summed E-state index contributed by atoms with van der Waals surface area (Å²) in [5.74, 6) is -1.55. The molecule has 0 aliphatic carbocycles. The summed E-state index contributed by atoms with van der Waals surface area (Å²) in [5.41, 5.74) is 0. The lowest BCUT2D eigenvalue weighted by Gasteiger charge is -2.31. The lowest BCUT2D eigenvalue weighted by molar-refractivity contribution is -0.887. The molecular formula is C54H92NO7+. The van der Waals surface area contributed by atoms with E-state index in [1.807, 2.05) is 21.1 Å².